The van der Waals surface area contributed by atoms with Crippen molar-refractivity contribution in [3.8, 4) is 0 Å². The van der Waals surface area contributed by atoms with E-state index in [4.69, 9.17) is 9.47 Å². The first-order valence-corrected chi connectivity index (χ1v) is 15.4. The fourth-order valence-corrected chi connectivity index (χ4v) is 6.42. The summed E-state index contributed by atoms with van der Waals surface area (Å²) in [5.74, 6) is -0.820. The highest BCUT2D eigenvalue weighted by molar-refractivity contribution is 7.98. The van der Waals surface area contributed by atoms with Crippen molar-refractivity contribution >= 4 is 52.0 Å². The summed E-state index contributed by atoms with van der Waals surface area (Å²) in [6.07, 6.45) is 5.36. The molecular weight excluding hydrogens is 558 g/mol. The van der Waals surface area contributed by atoms with Gasteiger partial charge in [-0.15, -0.1) is 11.8 Å². The predicted molar refractivity (Wildman–Crippen MR) is 162 cm³/mol. The van der Waals surface area contributed by atoms with Gasteiger partial charge in [-0.1, -0.05) is 41.7 Å². The van der Waals surface area contributed by atoms with E-state index in [0.29, 0.717) is 27.2 Å². The number of carbonyl (C=O) groups is 2. The first-order valence-electron chi connectivity index (χ1n) is 13.3. The van der Waals surface area contributed by atoms with Crippen LogP contribution in [0.5, 0.6) is 0 Å². The van der Waals surface area contributed by atoms with Gasteiger partial charge < -0.3 is 14.0 Å². The van der Waals surface area contributed by atoms with E-state index < -0.39 is 12.0 Å². The fourth-order valence-electron chi connectivity index (χ4n) is 4.97. The van der Waals surface area contributed by atoms with Gasteiger partial charge in [0.1, 0.15) is 6.54 Å². The third kappa shape index (κ3) is 5.67. The summed E-state index contributed by atoms with van der Waals surface area (Å²) >= 11 is 2.89. The molecule has 5 rings (SSSR count). The van der Waals surface area contributed by atoms with Crippen molar-refractivity contribution in [1.29, 1.82) is 0 Å². The van der Waals surface area contributed by atoms with Crippen molar-refractivity contribution in [2.45, 2.75) is 51.3 Å². The van der Waals surface area contributed by atoms with Crippen LogP contribution in [-0.2, 0) is 25.6 Å². The molecule has 2 aromatic heterocycles. The normalized spacial score (nSPS) is 15.3. The second-order valence-corrected chi connectivity index (χ2v) is 11.7. The molecule has 0 radical (unpaired) electrons. The highest BCUT2D eigenvalue weighted by atomic mass is 32.2. The number of esters is 2. The Morgan fingerprint density at radius 1 is 1.15 bits per heavy atom. The van der Waals surface area contributed by atoms with Gasteiger partial charge in [0.2, 0.25) is 0 Å². The van der Waals surface area contributed by atoms with Crippen LogP contribution >= 0.6 is 23.1 Å². The van der Waals surface area contributed by atoms with Crippen LogP contribution < -0.4 is 14.9 Å². The molecule has 0 amide bonds. The molecule has 1 atom stereocenters. The maximum atomic E-state index is 14.1. The largest absolute Gasteiger partial charge is 0.465 e. The minimum atomic E-state index is -0.680. The van der Waals surface area contributed by atoms with Crippen LogP contribution in [0.15, 0.2) is 80.7 Å². The first-order chi connectivity index (χ1) is 19.7. The number of rotatable bonds is 8. The number of thioether (sulfide) groups is 1. The molecule has 0 unspecified atom stereocenters. The van der Waals surface area contributed by atoms with E-state index in [-0.39, 0.29) is 24.2 Å². The molecule has 3 heterocycles. The topological polar surface area (TPSA) is 91.9 Å². The van der Waals surface area contributed by atoms with E-state index in [0.717, 1.165) is 26.9 Å². The molecule has 1 aliphatic rings. The predicted octanol–water partition coefficient (Wildman–Crippen LogP) is 4.43. The van der Waals surface area contributed by atoms with Gasteiger partial charge in [-0.25, -0.2) is 9.79 Å². The lowest BCUT2D eigenvalue weighted by Crippen LogP contribution is -2.40. The summed E-state index contributed by atoms with van der Waals surface area (Å²) in [4.78, 5) is 45.9. The second kappa shape index (κ2) is 11.9. The zero-order valence-corrected chi connectivity index (χ0v) is 25.2. The van der Waals surface area contributed by atoms with E-state index in [2.05, 4.69) is 4.99 Å². The Morgan fingerprint density at radius 2 is 1.88 bits per heavy atom. The number of ether oxygens (including phenoxy) is 2. The van der Waals surface area contributed by atoms with Gasteiger partial charge in [0.05, 0.1) is 34.6 Å². The fraction of sp³-hybridized carbons (Fsp3) is 0.290. The van der Waals surface area contributed by atoms with E-state index in [1.165, 1.54) is 11.3 Å². The highest BCUT2D eigenvalue weighted by Gasteiger charge is 2.33. The Labute approximate surface area is 245 Å². The third-order valence-electron chi connectivity index (χ3n) is 6.73. The van der Waals surface area contributed by atoms with Crippen LogP contribution in [0.1, 0.15) is 44.9 Å². The van der Waals surface area contributed by atoms with Gasteiger partial charge >= 0.3 is 11.9 Å². The van der Waals surface area contributed by atoms with Crippen molar-refractivity contribution < 1.29 is 19.1 Å². The first kappa shape index (κ1) is 28.6. The lowest BCUT2D eigenvalue weighted by molar-refractivity contribution is -0.144. The minimum absolute atomic E-state index is 0.0655. The van der Waals surface area contributed by atoms with Gasteiger partial charge in [0.15, 0.2) is 4.80 Å². The average Bonchev–Trinajstić information content (AvgIpc) is 3.44. The molecule has 1 aliphatic heterocycles. The monoisotopic (exact) mass is 589 g/mol. The maximum absolute atomic E-state index is 14.1. The van der Waals surface area contributed by atoms with E-state index in [9.17, 15) is 14.4 Å². The molecule has 8 nitrogen and oxygen atoms in total. The number of aromatic nitrogens is 2. The van der Waals surface area contributed by atoms with Crippen molar-refractivity contribution in [2.24, 2.45) is 4.99 Å². The Hall–Kier alpha value is -3.89. The van der Waals surface area contributed by atoms with Gasteiger partial charge in [0.25, 0.3) is 5.56 Å². The van der Waals surface area contributed by atoms with Gasteiger partial charge in [-0.05, 0) is 63.8 Å². The molecule has 2 aromatic carbocycles. The Morgan fingerprint density at radius 3 is 2.56 bits per heavy atom. The molecule has 0 saturated carbocycles. The number of hydrogen-bond donors (Lipinski definition) is 0. The molecule has 0 N–H and O–H groups in total. The van der Waals surface area contributed by atoms with E-state index in [1.54, 1.807) is 44.0 Å². The number of benzene rings is 2. The molecule has 0 fully saturated rings. The van der Waals surface area contributed by atoms with Crippen LogP contribution in [0.4, 0.5) is 0 Å². The SMILES string of the molecule is CCOC(=O)Cn1cc(/C=c2\sc3n(c2=O)[C@H](c2ccc(SC)cc2)C(C(=O)OC(C)C)=C(C)N=3)c2ccccc21. The molecule has 0 aliphatic carbocycles. The summed E-state index contributed by atoms with van der Waals surface area (Å²) < 4.78 is 14.6. The van der Waals surface area contributed by atoms with Gasteiger partial charge in [0, 0.05) is 27.6 Å². The minimum Gasteiger partial charge on any atom is -0.465 e. The molecule has 0 saturated heterocycles. The van der Waals surface area contributed by atoms with Crippen LogP contribution in [0.3, 0.4) is 0 Å². The quantitative estimate of drug-likeness (QED) is 0.223. The highest BCUT2D eigenvalue weighted by Crippen LogP contribution is 2.32. The molecule has 0 bridgehead atoms. The Bertz CT molecular complexity index is 1840. The van der Waals surface area contributed by atoms with Crippen molar-refractivity contribution in [3.63, 3.8) is 0 Å². The smallest absolute Gasteiger partial charge is 0.338 e. The maximum Gasteiger partial charge on any atom is 0.338 e. The lowest BCUT2D eigenvalue weighted by Gasteiger charge is -2.25. The number of nitrogens with zero attached hydrogens (tertiary/aromatic N) is 3. The summed E-state index contributed by atoms with van der Waals surface area (Å²) in [5.41, 5.74) is 3.07. The van der Waals surface area contributed by atoms with Crippen molar-refractivity contribution in [2.75, 3.05) is 12.9 Å². The zero-order chi connectivity index (χ0) is 29.3. The van der Waals surface area contributed by atoms with Gasteiger partial charge in [-0.2, -0.15) is 0 Å². The summed E-state index contributed by atoms with van der Waals surface area (Å²) in [7, 11) is 0. The summed E-state index contributed by atoms with van der Waals surface area (Å²) in [6, 6.07) is 14.9. The number of thiazole rings is 1. The number of para-hydroxylation sites is 1. The van der Waals surface area contributed by atoms with Crippen LogP contribution in [-0.4, -0.2) is 40.0 Å². The standard InChI is InChI=1S/C31H31N3O5S2/c1-6-38-26(35)17-33-16-21(23-9-7-8-10-24(23)33)15-25-29(36)34-28(20-11-13-22(40-5)14-12-20)27(30(37)39-18(2)3)19(4)32-31(34)41-25/h7-16,18,28H,6,17H2,1-5H3/b25-15-/t28-/m1/s1. The van der Waals surface area contributed by atoms with E-state index >= 15 is 0 Å². The van der Waals surface area contributed by atoms with Crippen LogP contribution in [0, 0.1) is 0 Å². The van der Waals surface area contributed by atoms with Crippen LogP contribution in [0.2, 0.25) is 0 Å². The Kier molecular flexibility index (Phi) is 8.32. The van der Waals surface area contributed by atoms with E-state index in [1.807, 2.05) is 71.6 Å². The zero-order valence-electron chi connectivity index (χ0n) is 23.5. The number of fused-ring (bicyclic) bond motifs is 2. The molecule has 0 spiro atoms. The molecule has 10 heteroatoms. The summed E-state index contributed by atoms with van der Waals surface area (Å²) in [5, 5.41) is 0.907. The molecule has 41 heavy (non-hydrogen) atoms. The number of hydrogen-bond acceptors (Lipinski definition) is 8. The second-order valence-electron chi connectivity index (χ2n) is 9.84. The Balaban J connectivity index is 1.68. The molecule has 4 aromatic rings. The number of carbonyl (C=O) groups excluding carboxylic acids is 2. The molecular formula is C31H31N3O5S2. The number of allylic oxidation sites excluding steroid dienone is 1. The third-order valence-corrected chi connectivity index (χ3v) is 8.45. The molecule has 212 valence electrons. The van der Waals surface area contributed by atoms with Crippen molar-refractivity contribution in [3.05, 3.63) is 96.8 Å². The average molecular weight is 590 g/mol. The summed E-state index contributed by atoms with van der Waals surface area (Å²) in [6.45, 7) is 7.51. The lowest BCUT2D eigenvalue weighted by atomic mass is 9.96. The van der Waals surface area contributed by atoms with Crippen LogP contribution in [0.25, 0.3) is 17.0 Å². The van der Waals surface area contributed by atoms with Crippen molar-refractivity contribution in [1.82, 2.24) is 9.13 Å². The van der Waals surface area contributed by atoms with Gasteiger partial charge in [-0.3, -0.25) is 14.2 Å².